The Morgan fingerprint density at radius 1 is 0.373 bits per heavy atom. The number of hydrogen-bond acceptors (Lipinski definition) is 6. The zero-order valence-electron chi connectivity index (χ0n) is 27.0. The number of benzene rings is 7. The number of nitrogens with zero attached hydrogens (tertiary/aromatic N) is 3. The Bertz CT molecular complexity index is 3140. The van der Waals surface area contributed by atoms with Gasteiger partial charge in [-0.1, -0.05) is 121 Å². The summed E-state index contributed by atoms with van der Waals surface area (Å²) in [7, 11) is 0. The van der Waals surface area contributed by atoms with E-state index in [2.05, 4.69) is 97.1 Å². The molecule has 11 aromatic rings. The van der Waals surface area contributed by atoms with Gasteiger partial charge in [-0.25, -0.2) is 15.0 Å². The van der Waals surface area contributed by atoms with Crippen molar-refractivity contribution in [1.82, 2.24) is 15.0 Å². The van der Waals surface area contributed by atoms with Crippen LogP contribution < -0.4 is 0 Å². The van der Waals surface area contributed by atoms with Crippen LogP contribution in [0.5, 0.6) is 0 Å². The molecule has 0 amide bonds. The molecule has 0 aliphatic heterocycles. The minimum atomic E-state index is 0.625. The van der Waals surface area contributed by atoms with Crippen LogP contribution in [0.25, 0.3) is 109 Å². The molecular weight excluding hydrogens is 647 g/mol. The molecule has 4 heterocycles. The van der Waals surface area contributed by atoms with Crippen molar-refractivity contribution in [2.75, 3.05) is 0 Å². The summed E-state index contributed by atoms with van der Waals surface area (Å²) >= 11 is 1.78. The normalized spacial score (nSPS) is 11.9. The van der Waals surface area contributed by atoms with E-state index in [0.29, 0.717) is 17.5 Å². The van der Waals surface area contributed by atoms with Crippen LogP contribution in [0.1, 0.15) is 0 Å². The van der Waals surface area contributed by atoms with E-state index in [1.807, 2.05) is 54.6 Å². The molecule has 51 heavy (non-hydrogen) atoms. The minimum Gasteiger partial charge on any atom is -0.456 e. The van der Waals surface area contributed by atoms with Gasteiger partial charge in [0.1, 0.15) is 22.3 Å². The predicted molar refractivity (Wildman–Crippen MR) is 209 cm³/mol. The van der Waals surface area contributed by atoms with Gasteiger partial charge in [-0.05, 0) is 29.8 Å². The SMILES string of the molecule is c1ccc(-c2nc(-c3ccc(-c4cccc5c4oc4cc6oc7ccccc7c6cc45)cc3)nc(-c3cccc4c3sc3ccccc34)n2)cc1. The molecule has 4 aromatic heterocycles. The first-order valence-electron chi connectivity index (χ1n) is 16.8. The summed E-state index contributed by atoms with van der Waals surface area (Å²) in [6, 6.07) is 52.1. The summed E-state index contributed by atoms with van der Waals surface area (Å²) in [5.74, 6) is 1.93. The topological polar surface area (TPSA) is 65.0 Å². The molecule has 0 saturated carbocycles. The van der Waals surface area contributed by atoms with Gasteiger partial charge in [-0.2, -0.15) is 0 Å². The molecular formula is C45H25N3O2S. The summed E-state index contributed by atoms with van der Waals surface area (Å²) in [6.45, 7) is 0. The molecule has 238 valence electrons. The van der Waals surface area contributed by atoms with E-state index in [1.54, 1.807) is 11.3 Å². The van der Waals surface area contributed by atoms with Gasteiger partial charge in [-0.15, -0.1) is 11.3 Å². The van der Waals surface area contributed by atoms with Crippen LogP contribution in [-0.2, 0) is 0 Å². The lowest BCUT2D eigenvalue weighted by Crippen LogP contribution is -2.00. The smallest absolute Gasteiger partial charge is 0.165 e. The maximum atomic E-state index is 6.55. The maximum absolute atomic E-state index is 6.55. The van der Waals surface area contributed by atoms with Crippen LogP contribution >= 0.6 is 11.3 Å². The second-order valence-corrected chi connectivity index (χ2v) is 13.8. The second-order valence-electron chi connectivity index (χ2n) is 12.8. The van der Waals surface area contributed by atoms with Crippen molar-refractivity contribution < 1.29 is 8.83 Å². The molecule has 11 rings (SSSR count). The highest BCUT2D eigenvalue weighted by Crippen LogP contribution is 2.41. The maximum Gasteiger partial charge on any atom is 0.165 e. The monoisotopic (exact) mass is 671 g/mol. The third kappa shape index (κ3) is 4.43. The van der Waals surface area contributed by atoms with Gasteiger partial charge >= 0.3 is 0 Å². The Labute approximate surface area is 295 Å². The van der Waals surface area contributed by atoms with Gasteiger partial charge < -0.3 is 8.83 Å². The van der Waals surface area contributed by atoms with Crippen molar-refractivity contribution in [3.8, 4) is 45.3 Å². The first-order valence-corrected chi connectivity index (χ1v) is 17.7. The molecule has 0 saturated heterocycles. The van der Waals surface area contributed by atoms with E-state index in [0.717, 1.165) is 71.7 Å². The van der Waals surface area contributed by atoms with Gasteiger partial charge in [0, 0.05) is 70.0 Å². The van der Waals surface area contributed by atoms with Gasteiger partial charge in [0.15, 0.2) is 17.5 Å². The Morgan fingerprint density at radius 2 is 0.980 bits per heavy atom. The van der Waals surface area contributed by atoms with E-state index < -0.39 is 0 Å². The Morgan fingerprint density at radius 3 is 1.82 bits per heavy atom. The van der Waals surface area contributed by atoms with Gasteiger partial charge in [-0.3, -0.25) is 0 Å². The van der Waals surface area contributed by atoms with E-state index in [1.165, 1.54) is 20.2 Å². The van der Waals surface area contributed by atoms with Gasteiger partial charge in [0.25, 0.3) is 0 Å². The fraction of sp³-hybridized carbons (Fsp3) is 0. The van der Waals surface area contributed by atoms with Crippen LogP contribution in [0.2, 0.25) is 0 Å². The summed E-state index contributed by atoms with van der Waals surface area (Å²) in [5, 5.41) is 6.79. The quantitative estimate of drug-likeness (QED) is 0.186. The van der Waals surface area contributed by atoms with E-state index in [9.17, 15) is 0 Å². The number of para-hydroxylation sites is 2. The average molecular weight is 672 g/mol. The average Bonchev–Trinajstić information content (AvgIpc) is 3.88. The zero-order valence-corrected chi connectivity index (χ0v) is 27.8. The predicted octanol–water partition coefficient (Wildman–Crippen LogP) is 12.7. The molecule has 5 nitrogen and oxygen atoms in total. The fourth-order valence-corrected chi connectivity index (χ4v) is 8.52. The van der Waals surface area contributed by atoms with Crippen molar-refractivity contribution >= 4 is 75.4 Å². The number of furan rings is 2. The highest BCUT2D eigenvalue weighted by atomic mass is 32.1. The van der Waals surface area contributed by atoms with Crippen molar-refractivity contribution in [2.45, 2.75) is 0 Å². The standard InChI is InChI=1S/C45H25N3O2S/c1-2-10-27(11-3-1)43-46-44(48-45(47-43)34-17-9-16-33-31-13-5-7-19-40(31)51-42(33)34)28-22-20-26(21-23-28)29-14-8-15-32-36-24-35-30-12-4-6-18-37(30)49-38(35)25-39(36)50-41(29)32/h1-25H. The molecule has 0 unspecified atom stereocenters. The molecule has 0 bridgehead atoms. The zero-order chi connectivity index (χ0) is 33.5. The molecule has 7 aromatic carbocycles. The number of hydrogen-bond donors (Lipinski definition) is 0. The second kappa shape index (κ2) is 10.9. The van der Waals surface area contributed by atoms with Crippen molar-refractivity contribution in [3.05, 3.63) is 152 Å². The lowest BCUT2D eigenvalue weighted by molar-refractivity contribution is 0.656. The molecule has 0 aliphatic carbocycles. The molecule has 0 N–H and O–H groups in total. The number of aromatic nitrogens is 3. The third-order valence-electron chi connectivity index (χ3n) is 9.76. The molecule has 0 radical (unpaired) electrons. The van der Waals surface area contributed by atoms with Crippen LogP contribution in [0.15, 0.2) is 160 Å². The Balaban J connectivity index is 1.04. The highest BCUT2D eigenvalue weighted by molar-refractivity contribution is 7.26. The molecule has 0 fully saturated rings. The van der Waals surface area contributed by atoms with E-state index in [-0.39, 0.29) is 0 Å². The lowest BCUT2D eigenvalue weighted by atomic mass is 10.0. The van der Waals surface area contributed by atoms with E-state index in [4.69, 9.17) is 23.8 Å². The summed E-state index contributed by atoms with van der Waals surface area (Å²) in [4.78, 5) is 15.1. The number of rotatable bonds is 4. The third-order valence-corrected chi connectivity index (χ3v) is 11.0. The first kappa shape index (κ1) is 28.2. The van der Waals surface area contributed by atoms with Gasteiger partial charge in [0.05, 0.1) is 0 Å². The van der Waals surface area contributed by atoms with Gasteiger partial charge in [0.2, 0.25) is 0 Å². The highest BCUT2D eigenvalue weighted by Gasteiger charge is 2.18. The summed E-state index contributed by atoms with van der Waals surface area (Å²) in [5.41, 5.74) is 8.28. The van der Waals surface area contributed by atoms with Crippen molar-refractivity contribution in [1.29, 1.82) is 0 Å². The Hall–Kier alpha value is -6.63. The number of fused-ring (bicyclic) bond motifs is 9. The Kier molecular flexibility index (Phi) is 6.05. The molecule has 0 spiro atoms. The fourth-order valence-electron chi connectivity index (χ4n) is 7.31. The van der Waals surface area contributed by atoms with Crippen LogP contribution in [0, 0.1) is 0 Å². The lowest BCUT2D eigenvalue weighted by Gasteiger charge is -2.10. The molecule has 6 heteroatoms. The van der Waals surface area contributed by atoms with Crippen molar-refractivity contribution in [3.63, 3.8) is 0 Å². The van der Waals surface area contributed by atoms with Crippen LogP contribution in [0.4, 0.5) is 0 Å². The molecule has 0 atom stereocenters. The van der Waals surface area contributed by atoms with Crippen LogP contribution in [-0.4, -0.2) is 15.0 Å². The van der Waals surface area contributed by atoms with Crippen molar-refractivity contribution in [2.24, 2.45) is 0 Å². The summed E-state index contributed by atoms with van der Waals surface area (Å²) < 4.78 is 15.1. The largest absolute Gasteiger partial charge is 0.456 e. The van der Waals surface area contributed by atoms with Crippen LogP contribution in [0.3, 0.4) is 0 Å². The van der Waals surface area contributed by atoms with E-state index >= 15 is 0 Å². The molecule has 0 aliphatic rings. The summed E-state index contributed by atoms with van der Waals surface area (Å²) in [6.07, 6.45) is 0. The number of thiophene rings is 1. The minimum absolute atomic E-state index is 0.625. The first-order chi connectivity index (χ1) is 25.2.